The van der Waals surface area contributed by atoms with E-state index in [1.165, 1.54) is 10.7 Å². The summed E-state index contributed by atoms with van der Waals surface area (Å²) < 4.78 is 6.55. The Morgan fingerprint density at radius 3 is 2.62 bits per heavy atom. The van der Waals surface area contributed by atoms with Gasteiger partial charge in [0, 0.05) is 35.3 Å². The normalized spacial score (nSPS) is 10.6. The van der Waals surface area contributed by atoms with Crippen LogP contribution in [0.4, 0.5) is 5.69 Å². The third-order valence-electron chi connectivity index (χ3n) is 4.50. The summed E-state index contributed by atoms with van der Waals surface area (Å²) in [5.41, 5.74) is 3.00. The molecule has 3 rings (SSSR count). The minimum atomic E-state index is -0.201. The lowest BCUT2D eigenvalue weighted by Crippen LogP contribution is -2.23. The number of nitrogens with zero attached hydrogens (tertiary/aromatic N) is 2. The number of benzene rings is 2. The first-order chi connectivity index (χ1) is 14.0. The zero-order chi connectivity index (χ0) is 20.8. The van der Waals surface area contributed by atoms with E-state index in [4.69, 9.17) is 16.3 Å². The number of ether oxygens (including phenoxy) is 1. The Bertz CT molecular complexity index is 1060. The first-order valence-electron chi connectivity index (χ1n) is 9.25. The SMILES string of the molecule is COc1ccc(-c2ccc(=O)n(CCCC(=O)Nc3cc(Cl)ccc3C)n2)cc1. The molecule has 0 bridgehead atoms. The van der Waals surface area contributed by atoms with Crippen molar-refractivity contribution in [3.05, 3.63) is 75.5 Å². The Morgan fingerprint density at radius 2 is 1.90 bits per heavy atom. The number of amides is 1. The van der Waals surface area contributed by atoms with Gasteiger partial charge in [-0.15, -0.1) is 0 Å². The van der Waals surface area contributed by atoms with Crippen molar-refractivity contribution >= 4 is 23.2 Å². The molecule has 0 spiro atoms. The van der Waals surface area contributed by atoms with Gasteiger partial charge >= 0.3 is 0 Å². The van der Waals surface area contributed by atoms with Crippen molar-refractivity contribution in [1.29, 1.82) is 0 Å². The molecule has 0 aliphatic carbocycles. The molecule has 1 N–H and O–H groups in total. The summed E-state index contributed by atoms with van der Waals surface area (Å²) in [6, 6.07) is 16.0. The van der Waals surface area contributed by atoms with Crippen molar-refractivity contribution in [1.82, 2.24) is 9.78 Å². The third-order valence-corrected chi connectivity index (χ3v) is 4.73. The molecule has 0 aliphatic rings. The summed E-state index contributed by atoms with van der Waals surface area (Å²) in [7, 11) is 1.61. The maximum Gasteiger partial charge on any atom is 0.266 e. The number of aryl methyl sites for hydroxylation is 2. The van der Waals surface area contributed by atoms with E-state index in [2.05, 4.69) is 10.4 Å². The molecule has 1 amide bonds. The van der Waals surface area contributed by atoms with Gasteiger partial charge in [0.1, 0.15) is 5.75 Å². The minimum absolute atomic E-state index is 0.130. The van der Waals surface area contributed by atoms with Crippen molar-refractivity contribution in [2.45, 2.75) is 26.3 Å². The van der Waals surface area contributed by atoms with Crippen molar-refractivity contribution in [3.63, 3.8) is 0 Å². The topological polar surface area (TPSA) is 73.2 Å². The molecule has 0 fully saturated rings. The molecule has 0 unspecified atom stereocenters. The number of hydrogen-bond donors (Lipinski definition) is 1. The Hall–Kier alpha value is -3.12. The third kappa shape index (κ3) is 5.45. The molecule has 150 valence electrons. The maximum absolute atomic E-state index is 12.2. The first-order valence-corrected chi connectivity index (χ1v) is 9.62. The average molecular weight is 412 g/mol. The molecule has 3 aromatic rings. The van der Waals surface area contributed by atoms with Crippen molar-refractivity contribution in [3.8, 4) is 17.0 Å². The maximum atomic E-state index is 12.2. The van der Waals surface area contributed by atoms with E-state index < -0.39 is 0 Å². The number of carbonyl (C=O) groups is 1. The summed E-state index contributed by atoms with van der Waals surface area (Å²) in [6.45, 7) is 2.25. The standard InChI is InChI=1S/C22H22ClN3O3/c1-15-5-8-17(23)14-20(15)24-21(27)4-3-13-26-22(28)12-11-19(25-26)16-6-9-18(29-2)10-7-16/h5-12,14H,3-4,13H2,1-2H3,(H,24,27). The van der Waals surface area contributed by atoms with Gasteiger partial charge in [0.25, 0.3) is 5.56 Å². The number of anilines is 1. The predicted molar refractivity (Wildman–Crippen MR) is 115 cm³/mol. The summed E-state index contributed by atoms with van der Waals surface area (Å²) in [6.07, 6.45) is 0.761. The fraction of sp³-hybridized carbons (Fsp3) is 0.227. The summed E-state index contributed by atoms with van der Waals surface area (Å²) in [5.74, 6) is 0.623. The zero-order valence-electron chi connectivity index (χ0n) is 16.3. The second-order valence-corrected chi connectivity index (χ2v) is 7.06. The highest BCUT2D eigenvalue weighted by Crippen LogP contribution is 2.21. The van der Waals surface area contributed by atoms with Crippen LogP contribution in [0.2, 0.25) is 5.02 Å². The Labute approximate surface area is 174 Å². The van der Waals surface area contributed by atoms with Crippen LogP contribution in [0.15, 0.2) is 59.4 Å². The van der Waals surface area contributed by atoms with E-state index >= 15 is 0 Å². The highest BCUT2D eigenvalue weighted by atomic mass is 35.5. The molecular weight excluding hydrogens is 390 g/mol. The fourth-order valence-corrected chi connectivity index (χ4v) is 3.03. The molecule has 29 heavy (non-hydrogen) atoms. The van der Waals surface area contributed by atoms with Crippen molar-refractivity contribution in [2.24, 2.45) is 0 Å². The summed E-state index contributed by atoms with van der Waals surface area (Å²) >= 11 is 5.98. The molecule has 1 heterocycles. The largest absolute Gasteiger partial charge is 0.497 e. The lowest BCUT2D eigenvalue weighted by molar-refractivity contribution is -0.116. The summed E-state index contributed by atoms with van der Waals surface area (Å²) in [5, 5.41) is 7.84. The molecule has 0 aliphatic heterocycles. The van der Waals surface area contributed by atoms with Crippen LogP contribution in [0.25, 0.3) is 11.3 Å². The van der Waals surface area contributed by atoms with Crippen molar-refractivity contribution in [2.75, 3.05) is 12.4 Å². The Kier molecular flexibility index (Phi) is 6.67. The number of rotatable bonds is 7. The van der Waals surface area contributed by atoms with Crippen LogP contribution in [0.3, 0.4) is 0 Å². The first kappa shape index (κ1) is 20.6. The van der Waals surface area contributed by atoms with Gasteiger partial charge in [0.15, 0.2) is 0 Å². The minimum Gasteiger partial charge on any atom is -0.497 e. The number of methoxy groups -OCH3 is 1. The quantitative estimate of drug-likeness (QED) is 0.629. The molecular formula is C22H22ClN3O3. The smallest absolute Gasteiger partial charge is 0.266 e. The Balaban J connectivity index is 1.62. The van der Waals surface area contributed by atoms with E-state index in [1.807, 2.05) is 37.3 Å². The average Bonchev–Trinajstić information content (AvgIpc) is 2.72. The summed E-state index contributed by atoms with van der Waals surface area (Å²) in [4.78, 5) is 24.3. The van der Waals surface area contributed by atoms with Gasteiger partial charge in [-0.2, -0.15) is 5.10 Å². The van der Waals surface area contributed by atoms with E-state index in [0.717, 1.165) is 16.9 Å². The van der Waals surface area contributed by atoms with E-state index in [1.54, 1.807) is 25.3 Å². The van der Waals surface area contributed by atoms with Crippen LogP contribution < -0.4 is 15.6 Å². The predicted octanol–water partition coefficient (Wildman–Crippen LogP) is 4.30. The van der Waals surface area contributed by atoms with Crippen LogP contribution in [0.5, 0.6) is 5.75 Å². The van der Waals surface area contributed by atoms with Gasteiger partial charge < -0.3 is 10.1 Å². The van der Waals surface area contributed by atoms with Gasteiger partial charge in [-0.3, -0.25) is 9.59 Å². The van der Waals surface area contributed by atoms with Gasteiger partial charge in [-0.25, -0.2) is 4.68 Å². The lowest BCUT2D eigenvalue weighted by atomic mass is 10.1. The highest BCUT2D eigenvalue weighted by molar-refractivity contribution is 6.31. The van der Waals surface area contributed by atoms with Crippen LogP contribution in [-0.2, 0) is 11.3 Å². The number of aromatic nitrogens is 2. The van der Waals surface area contributed by atoms with E-state index in [9.17, 15) is 9.59 Å². The molecule has 0 saturated heterocycles. The van der Waals surface area contributed by atoms with Crippen LogP contribution in [-0.4, -0.2) is 22.8 Å². The second-order valence-electron chi connectivity index (χ2n) is 6.62. The fourth-order valence-electron chi connectivity index (χ4n) is 2.86. The molecule has 0 saturated carbocycles. The molecule has 0 radical (unpaired) electrons. The van der Waals surface area contributed by atoms with Crippen molar-refractivity contribution < 1.29 is 9.53 Å². The monoisotopic (exact) mass is 411 g/mol. The number of carbonyl (C=O) groups excluding carboxylic acids is 1. The van der Waals surface area contributed by atoms with Gasteiger partial charge in [-0.1, -0.05) is 17.7 Å². The zero-order valence-corrected chi connectivity index (χ0v) is 17.1. The number of halogens is 1. The van der Waals surface area contributed by atoms with Crippen LogP contribution in [0.1, 0.15) is 18.4 Å². The molecule has 6 nitrogen and oxygen atoms in total. The van der Waals surface area contributed by atoms with Crippen LogP contribution >= 0.6 is 11.6 Å². The van der Waals surface area contributed by atoms with Crippen LogP contribution in [0, 0.1) is 6.92 Å². The molecule has 0 atom stereocenters. The second kappa shape index (κ2) is 9.39. The number of hydrogen-bond acceptors (Lipinski definition) is 4. The van der Waals surface area contributed by atoms with Gasteiger partial charge in [-0.05, 0) is 61.4 Å². The lowest BCUT2D eigenvalue weighted by Gasteiger charge is -2.10. The Morgan fingerprint density at radius 1 is 1.14 bits per heavy atom. The van der Waals surface area contributed by atoms with E-state index in [-0.39, 0.29) is 17.9 Å². The molecule has 2 aromatic carbocycles. The van der Waals surface area contributed by atoms with Gasteiger partial charge in [0.05, 0.1) is 12.8 Å². The van der Waals surface area contributed by atoms with E-state index in [0.29, 0.717) is 29.4 Å². The molecule has 7 heteroatoms. The van der Waals surface area contributed by atoms with Gasteiger partial charge in [0.2, 0.25) is 5.91 Å². The highest BCUT2D eigenvalue weighted by Gasteiger charge is 2.08. The molecule has 1 aromatic heterocycles. The number of nitrogens with one attached hydrogen (secondary N) is 1.